The van der Waals surface area contributed by atoms with Crippen LogP contribution in [0.5, 0.6) is 0 Å². The van der Waals surface area contributed by atoms with Crippen LogP contribution in [-0.4, -0.2) is 23.7 Å². The van der Waals surface area contributed by atoms with Gasteiger partial charge in [0.25, 0.3) is 12.6 Å². The van der Waals surface area contributed by atoms with Crippen molar-refractivity contribution < 1.29 is 23.1 Å². The van der Waals surface area contributed by atoms with E-state index in [9.17, 15) is 18.0 Å². The molecular weight excluding hydrogens is 197 g/mol. The monoisotopic (exact) mass is 204 g/mol. The Morgan fingerprint density at radius 3 is 1.43 bits per heavy atom. The van der Waals surface area contributed by atoms with Crippen molar-refractivity contribution in [2.24, 2.45) is 0 Å². The molecule has 0 aliphatic heterocycles. The first-order valence-corrected chi connectivity index (χ1v) is 3.78. The van der Waals surface area contributed by atoms with Crippen LogP contribution in [0.1, 0.15) is 0 Å². The van der Waals surface area contributed by atoms with Crippen molar-refractivity contribution in [1.29, 1.82) is 0 Å². The summed E-state index contributed by atoms with van der Waals surface area (Å²) in [4.78, 5) is 9.29. The SMILES string of the molecule is O=C(O)C(F)C(F)F.c1cc2ccc1-2. The van der Waals surface area contributed by atoms with Gasteiger partial charge in [-0.1, -0.05) is 24.3 Å². The number of carboxylic acids is 1. The average molecular weight is 204 g/mol. The van der Waals surface area contributed by atoms with Gasteiger partial charge in [0.05, 0.1) is 0 Å². The normalized spacial score (nSPS) is 12.9. The first-order valence-electron chi connectivity index (χ1n) is 3.78. The fraction of sp³-hybridized carbons (Fsp3) is 0.222. The summed E-state index contributed by atoms with van der Waals surface area (Å²) in [5.41, 5.74) is 2.85. The summed E-state index contributed by atoms with van der Waals surface area (Å²) in [6, 6.07) is 8.48. The molecule has 1 unspecified atom stereocenters. The van der Waals surface area contributed by atoms with Gasteiger partial charge in [0.15, 0.2) is 0 Å². The van der Waals surface area contributed by atoms with Gasteiger partial charge in [-0.05, 0) is 11.1 Å². The molecule has 5 heteroatoms. The number of benzene rings is 1. The number of hydrogen-bond acceptors (Lipinski definition) is 1. The minimum atomic E-state index is -3.42. The second-order valence-corrected chi connectivity index (χ2v) is 2.65. The largest absolute Gasteiger partial charge is 0.479 e. The molecule has 2 nitrogen and oxygen atoms in total. The van der Waals surface area contributed by atoms with Gasteiger partial charge in [-0.3, -0.25) is 0 Å². The molecule has 0 heterocycles. The average Bonchev–Trinajstić information content (AvgIpc) is 2.10. The van der Waals surface area contributed by atoms with Crippen molar-refractivity contribution in [2.75, 3.05) is 0 Å². The zero-order chi connectivity index (χ0) is 10.7. The lowest BCUT2D eigenvalue weighted by atomic mass is 9.95. The summed E-state index contributed by atoms with van der Waals surface area (Å²) in [5.74, 6) is -2.12. The predicted molar refractivity (Wildman–Crippen MR) is 44.0 cm³/mol. The Morgan fingerprint density at radius 1 is 1.07 bits per heavy atom. The molecule has 0 aromatic rings. The van der Waals surface area contributed by atoms with Crippen LogP contribution in [0.15, 0.2) is 24.3 Å². The number of aliphatic carboxylic acids is 1. The first kappa shape index (κ1) is 10.6. The molecule has 0 saturated heterocycles. The number of carboxylic acid groups (broad SMARTS) is 1. The van der Waals surface area contributed by atoms with Crippen LogP contribution >= 0.6 is 0 Å². The molecule has 2 aliphatic rings. The van der Waals surface area contributed by atoms with E-state index in [1.165, 1.54) is 11.1 Å². The molecule has 0 aromatic carbocycles. The van der Waals surface area contributed by atoms with E-state index in [1.807, 2.05) is 0 Å². The molecule has 2 aliphatic carbocycles. The third-order valence-corrected chi connectivity index (χ3v) is 1.68. The first-order chi connectivity index (χ1) is 6.52. The fourth-order valence-corrected chi connectivity index (χ4v) is 0.770. The highest BCUT2D eigenvalue weighted by molar-refractivity contribution is 5.75. The molecule has 0 spiro atoms. The Balaban J connectivity index is 0.000000143. The van der Waals surface area contributed by atoms with Crippen LogP contribution in [-0.2, 0) is 4.79 Å². The Labute approximate surface area is 78.0 Å². The van der Waals surface area contributed by atoms with E-state index in [2.05, 4.69) is 24.3 Å². The zero-order valence-electron chi connectivity index (χ0n) is 6.95. The highest BCUT2D eigenvalue weighted by Gasteiger charge is 2.26. The Morgan fingerprint density at radius 2 is 1.43 bits per heavy atom. The third kappa shape index (κ3) is 2.25. The number of carbonyl (C=O) groups is 1. The summed E-state index contributed by atoms with van der Waals surface area (Å²) in [6.45, 7) is 0. The molecule has 0 radical (unpaired) electrons. The molecular formula is C9H7F3O2. The Bertz CT molecular complexity index is 300. The fourth-order valence-electron chi connectivity index (χ4n) is 0.770. The zero-order valence-corrected chi connectivity index (χ0v) is 6.95. The van der Waals surface area contributed by atoms with Crippen LogP contribution in [0.3, 0.4) is 0 Å². The van der Waals surface area contributed by atoms with Crippen molar-refractivity contribution in [3.05, 3.63) is 24.3 Å². The highest BCUT2D eigenvalue weighted by atomic mass is 19.3. The van der Waals surface area contributed by atoms with E-state index in [1.54, 1.807) is 0 Å². The quantitative estimate of drug-likeness (QED) is 0.815. The molecule has 76 valence electrons. The summed E-state index contributed by atoms with van der Waals surface area (Å²) in [6.07, 6.45) is -6.47. The standard InChI is InChI=1S/C6H4.C3H3F3O2/c1-2-6-4-3-5(1)6;4-1(2(5)6)3(7)8/h1-4H;1-2H,(H,7,8). The molecule has 0 bridgehead atoms. The van der Waals surface area contributed by atoms with Crippen LogP contribution in [0, 0.1) is 0 Å². The molecule has 14 heavy (non-hydrogen) atoms. The van der Waals surface area contributed by atoms with Gasteiger partial charge >= 0.3 is 5.97 Å². The second-order valence-electron chi connectivity index (χ2n) is 2.65. The summed E-state index contributed by atoms with van der Waals surface area (Å²) < 4.78 is 33.1. The van der Waals surface area contributed by atoms with Crippen molar-refractivity contribution in [3.8, 4) is 11.1 Å². The molecule has 0 aromatic heterocycles. The second kappa shape index (κ2) is 4.13. The Hall–Kier alpha value is -1.52. The maximum Gasteiger partial charge on any atom is 0.344 e. The lowest BCUT2D eigenvalue weighted by Crippen LogP contribution is -2.22. The van der Waals surface area contributed by atoms with E-state index in [4.69, 9.17) is 5.11 Å². The predicted octanol–water partition coefficient (Wildman–Crippen LogP) is 2.34. The van der Waals surface area contributed by atoms with Crippen molar-refractivity contribution in [3.63, 3.8) is 0 Å². The van der Waals surface area contributed by atoms with Crippen LogP contribution in [0.25, 0.3) is 11.1 Å². The number of fused-ring (bicyclic) bond motifs is 1. The van der Waals surface area contributed by atoms with Gasteiger partial charge < -0.3 is 5.11 Å². The number of rotatable bonds is 2. The van der Waals surface area contributed by atoms with Gasteiger partial charge in [0.1, 0.15) is 0 Å². The van der Waals surface area contributed by atoms with Crippen molar-refractivity contribution >= 4 is 5.97 Å². The molecule has 2 rings (SSSR count). The number of halogens is 3. The van der Waals surface area contributed by atoms with Gasteiger partial charge in [0.2, 0.25) is 0 Å². The van der Waals surface area contributed by atoms with Crippen LogP contribution in [0.2, 0.25) is 0 Å². The van der Waals surface area contributed by atoms with E-state index < -0.39 is 18.6 Å². The molecule has 1 N–H and O–H groups in total. The Kier molecular flexibility index (Phi) is 3.11. The molecule has 0 amide bonds. The lowest BCUT2D eigenvalue weighted by molar-refractivity contribution is -0.148. The maximum absolute atomic E-state index is 11.3. The number of hydrogen-bond donors (Lipinski definition) is 1. The van der Waals surface area contributed by atoms with Gasteiger partial charge in [-0.15, -0.1) is 0 Å². The highest BCUT2D eigenvalue weighted by Crippen LogP contribution is 2.29. The number of alkyl halides is 3. The van der Waals surface area contributed by atoms with Gasteiger partial charge in [0, 0.05) is 0 Å². The van der Waals surface area contributed by atoms with E-state index >= 15 is 0 Å². The lowest BCUT2D eigenvalue weighted by Gasteiger charge is -2.10. The minimum absolute atomic E-state index is 1.43. The topological polar surface area (TPSA) is 37.3 Å². The van der Waals surface area contributed by atoms with Crippen molar-refractivity contribution in [1.82, 2.24) is 0 Å². The third-order valence-electron chi connectivity index (χ3n) is 1.68. The smallest absolute Gasteiger partial charge is 0.344 e. The summed E-state index contributed by atoms with van der Waals surface area (Å²) in [5, 5.41) is 7.50. The summed E-state index contributed by atoms with van der Waals surface area (Å²) in [7, 11) is 0. The van der Waals surface area contributed by atoms with E-state index in [0.717, 1.165) is 0 Å². The van der Waals surface area contributed by atoms with Gasteiger partial charge in [-0.25, -0.2) is 18.0 Å². The van der Waals surface area contributed by atoms with E-state index in [-0.39, 0.29) is 0 Å². The van der Waals surface area contributed by atoms with Crippen LogP contribution < -0.4 is 0 Å². The van der Waals surface area contributed by atoms with Crippen LogP contribution in [0.4, 0.5) is 13.2 Å². The molecule has 1 atom stereocenters. The summed E-state index contributed by atoms with van der Waals surface area (Å²) >= 11 is 0. The van der Waals surface area contributed by atoms with Gasteiger partial charge in [-0.2, -0.15) is 0 Å². The molecule has 0 fully saturated rings. The maximum atomic E-state index is 11.3. The van der Waals surface area contributed by atoms with E-state index in [0.29, 0.717) is 0 Å². The minimum Gasteiger partial charge on any atom is -0.479 e. The van der Waals surface area contributed by atoms with Crippen molar-refractivity contribution in [2.45, 2.75) is 12.6 Å². The molecule has 0 saturated carbocycles.